The lowest BCUT2D eigenvalue weighted by Crippen LogP contribution is -2.49. The highest BCUT2D eigenvalue weighted by atomic mass is 35.5. The molecule has 0 unspecified atom stereocenters. The molecule has 0 radical (unpaired) electrons. The van der Waals surface area contributed by atoms with Crippen molar-refractivity contribution in [2.45, 2.75) is 6.92 Å². The van der Waals surface area contributed by atoms with Crippen LogP contribution in [0.3, 0.4) is 0 Å². The van der Waals surface area contributed by atoms with Gasteiger partial charge >= 0.3 is 0 Å². The lowest BCUT2D eigenvalue weighted by atomic mass is 10.2. The number of carbonyl (C=O) groups is 1. The number of benzene rings is 1. The van der Waals surface area contributed by atoms with Crippen molar-refractivity contribution in [1.29, 1.82) is 0 Å². The van der Waals surface area contributed by atoms with Crippen LogP contribution in [0.4, 0.5) is 11.5 Å². The Labute approximate surface area is 176 Å². The van der Waals surface area contributed by atoms with Gasteiger partial charge in [0.25, 0.3) is 11.6 Å². The van der Waals surface area contributed by atoms with Crippen LogP contribution in [-0.2, 0) is 0 Å². The van der Waals surface area contributed by atoms with Crippen molar-refractivity contribution in [3.05, 3.63) is 69.1 Å². The maximum Gasteiger partial charge on any atom is 0.276 e. The van der Waals surface area contributed by atoms with Crippen LogP contribution >= 0.6 is 11.6 Å². The van der Waals surface area contributed by atoms with E-state index in [0.717, 1.165) is 5.82 Å². The topological polar surface area (TPSA) is 110 Å². The number of halogens is 1. The van der Waals surface area contributed by atoms with E-state index < -0.39 is 4.92 Å². The monoisotopic (exact) mass is 427 g/mol. The van der Waals surface area contributed by atoms with Crippen molar-refractivity contribution in [1.82, 2.24) is 24.9 Å². The van der Waals surface area contributed by atoms with Crippen LogP contribution < -0.4 is 4.90 Å². The summed E-state index contributed by atoms with van der Waals surface area (Å²) in [5.41, 5.74) is 1.19. The Balaban J connectivity index is 1.48. The van der Waals surface area contributed by atoms with Crippen LogP contribution in [-0.4, -0.2) is 61.9 Å². The van der Waals surface area contributed by atoms with Crippen molar-refractivity contribution in [3.8, 4) is 5.69 Å². The average molecular weight is 428 g/mol. The normalized spacial score (nSPS) is 14.1. The Bertz CT molecular complexity index is 1090. The minimum absolute atomic E-state index is 0.0535. The molecule has 154 valence electrons. The summed E-state index contributed by atoms with van der Waals surface area (Å²) in [4.78, 5) is 31.7. The van der Waals surface area contributed by atoms with Gasteiger partial charge < -0.3 is 9.80 Å². The second kappa shape index (κ2) is 8.07. The molecule has 1 fully saturated rings. The van der Waals surface area contributed by atoms with Crippen molar-refractivity contribution in [2.24, 2.45) is 0 Å². The molecule has 0 bridgehead atoms. The van der Waals surface area contributed by atoms with E-state index in [-0.39, 0.29) is 17.3 Å². The van der Waals surface area contributed by atoms with Gasteiger partial charge in [0.2, 0.25) is 0 Å². The van der Waals surface area contributed by atoms with Crippen LogP contribution in [0, 0.1) is 17.0 Å². The molecule has 1 saturated heterocycles. The largest absolute Gasteiger partial charge is 0.353 e. The van der Waals surface area contributed by atoms with Gasteiger partial charge in [-0.25, -0.2) is 9.67 Å². The number of pyridine rings is 1. The molecule has 3 aromatic rings. The number of piperazine rings is 1. The molecule has 2 aromatic heterocycles. The molecule has 1 amide bonds. The van der Waals surface area contributed by atoms with Crippen molar-refractivity contribution < 1.29 is 9.72 Å². The van der Waals surface area contributed by atoms with E-state index >= 15 is 0 Å². The predicted molar refractivity (Wildman–Crippen MR) is 110 cm³/mol. The van der Waals surface area contributed by atoms with Crippen LogP contribution in [0.1, 0.15) is 16.2 Å². The molecule has 0 aliphatic carbocycles. The number of hydrogen-bond donors (Lipinski definition) is 0. The van der Waals surface area contributed by atoms with Crippen LogP contribution in [0.15, 0.2) is 42.6 Å². The van der Waals surface area contributed by atoms with Gasteiger partial charge in [0.05, 0.1) is 21.3 Å². The number of non-ortho nitro benzene ring substituents is 1. The average Bonchev–Trinajstić information content (AvgIpc) is 3.15. The number of hydrogen-bond acceptors (Lipinski definition) is 7. The highest BCUT2D eigenvalue weighted by molar-refractivity contribution is 6.30. The molecule has 1 aliphatic heterocycles. The Morgan fingerprint density at radius 3 is 2.60 bits per heavy atom. The van der Waals surface area contributed by atoms with Crippen molar-refractivity contribution in [3.63, 3.8) is 0 Å². The minimum Gasteiger partial charge on any atom is -0.353 e. The molecule has 4 rings (SSSR count). The fraction of sp³-hybridized carbons (Fsp3) is 0.263. The molecule has 0 atom stereocenters. The van der Waals surface area contributed by atoms with Gasteiger partial charge in [-0.15, -0.1) is 5.10 Å². The van der Waals surface area contributed by atoms with Gasteiger partial charge in [-0.05, 0) is 25.1 Å². The molecule has 0 saturated carbocycles. The molecule has 1 aliphatic rings. The number of carbonyl (C=O) groups excluding carboxylic acids is 1. The lowest BCUT2D eigenvalue weighted by molar-refractivity contribution is -0.384. The number of nitro groups is 1. The zero-order chi connectivity index (χ0) is 21.3. The Kier molecular flexibility index (Phi) is 5.32. The fourth-order valence-corrected chi connectivity index (χ4v) is 3.47. The summed E-state index contributed by atoms with van der Waals surface area (Å²) in [5.74, 6) is 0.604. The Morgan fingerprint density at radius 2 is 1.93 bits per heavy atom. The number of nitro benzene ring substituents is 1. The SMILES string of the molecule is Cc1c(C(=O)N2CCN(c3ccc(Cl)cn3)CC2)nnn1-c1cccc([N+](=O)[O-])c1. The van der Waals surface area contributed by atoms with E-state index in [1.807, 2.05) is 6.07 Å². The summed E-state index contributed by atoms with van der Waals surface area (Å²) in [6, 6.07) is 9.69. The third-order valence-corrected chi connectivity index (χ3v) is 5.21. The maximum atomic E-state index is 13.0. The fourth-order valence-electron chi connectivity index (χ4n) is 3.35. The molecular formula is C19H18ClN7O3. The summed E-state index contributed by atoms with van der Waals surface area (Å²) < 4.78 is 1.44. The minimum atomic E-state index is -0.475. The first kappa shape index (κ1) is 19.8. The highest BCUT2D eigenvalue weighted by Crippen LogP contribution is 2.20. The number of nitrogens with zero attached hydrogens (tertiary/aromatic N) is 7. The van der Waals surface area contributed by atoms with E-state index in [4.69, 9.17) is 11.6 Å². The van der Waals surface area contributed by atoms with Gasteiger partial charge in [-0.2, -0.15) is 0 Å². The van der Waals surface area contributed by atoms with E-state index in [1.54, 1.807) is 36.2 Å². The molecule has 10 nitrogen and oxygen atoms in total. The first-order chi connectivity index (χ1) is 14.4. The summed E-state index contributed by atoms with van der Waals surface area (Å²) in [6.07, 6.45) is 1.60. The van der Waals surface area contributed by atoms with Crippen molar-refractivity contribution in [2.75, 3.05) is 31.1 Å². The van der Waals surface area contributed by atoms with E-state index in [9.17, 15) is 14.9 Å². The van der Waals surface area contributed by atoms with Crippen LogP contribution in [0.25, 0.3) is 5.69 Å². The Hall–Kier alpha value is -3.53. The quantitative estimate of drug-likeness (QED) is 0.464. The third kappa shape index (κ3) is 3.81. The third-order valence-electron chi connectivity index (χ3n) is 4.98. The van der Waals surface area contributed by atoms with Gasteiger partial charge in [-0.3, -0.25) is 14.9 Å². The molecule has 0 N–H and O–H groups in total. The summed E-state index contributed by atoms with van der Waals surface area (Å²) >= 11 is 5.89. The standard InChI is InChI=1S/C19H18ClN7O3/c1-13-18(22-23-26(13)15-3-2-4-16(11-15)27(29)30)19(28)25-9-7-24(8-10-25)17-6-5-14(20)12-21-17/h2-6,11-12H,7-10H2,1H3. The number of anilines is 1. The first-order valence-corrected chi connectivity index (χ1v) is 9.65. The Morgan fingerprint density at radius 1 is 1.17 bits per heavy atom. The highest BCUT2D eigenvalue weighted by Gasteiger charge is 2.27. The number of aromatic nitrogens is 4. The zero-order valence-electron chi connectivity index (χ0n) is 16.1. The lowest BCUT2D eigenvalue weighted by Gasteiger charge is -2.35. The van der Waals surface area contributed by atoms with Crippen LogP contribution in [0.5, 0.6) is 0 Å². The van der Waals surface area contributed by atoms with E-state index in [1.165, 1.54) is 16.8 Å². The maximum absolute atomic E-state index is 13.0. The molecule has 0 spiro atoms. The predicted octanol–water partition coefficient (Wildman–Crippen LogP) is 2.49. The van der Waals surface area contributed by atoms with E-state index in [0.29, 0.717) is 42.6 Å². The summed E-state index contributed by atoms with van der Waals surface area (Å²) in [5, 5.41) is 19.7. The molecular weight excluding hydrogens is 410 g/mol. The summed E-state index contributed by atoms with van der Waals surface area (Å²) in [6.45, 7) is 4.04. The zero-order valence-corrected chi connectivity index (χ0v) is 16.9. The first-order valence-electron chi connectivity index (χ1n) is 9.27. The van der Waals surface area contributed by atoms with E-state index in [2.05, 4.69) is 20.2 Å². The van der Waals surface area contributed by atoms with Crippen LogP contribution in [0.2, 0.25) is 5.02 Å². The second-order valence-electron chi connectivity index (χ2n) is 6.83. The molecule has 30 heavy (non-hydrogen) atoms. The smallest absolute Gasteiger partial charge is 0.276 e. The molecule has 1 aromatic carbocycles. The van der Waals surface area contributed by atoms with Gasteiger partial charge in [0, 0.05) is 44.5 Å². The molecule has 11 heteroatoms. The summed E-state index contributed by atoms with van der Waals surface area (Å²) in [7, 11) is 0. The number of rotatable bonds is 4. The second-order valence-corrected chi connectivity index (χ2v) is 7.26. The number of amides is 1. The van der Waals surface area contributed by atoms with Crippen molar-refractivity contribution >= 4 is 29.0 Å². The molecule has 3 heterocycles. The van der Waals surface area contributed by atoms with Gasteiger partial charge in [0.15, 0.2) is 5.69 Å². The van der Waals surface area contributed by atoms with Gasteiger partial charge in [0.1, 0.15) is 5.82 Å². The van der Waals surface area contributed by atoms with Gasteiger partial charge in [-0.1, -0.05) is 22.9 Å².